The zero-order chi connectivity index (χ0) is 27.0. The predicted molar refractivity (Wildman–Crippen MR) is 133 cm³/mol. The minimum absolute atomic E-state index is 0.0768. The second kappa shape index (κ2) is 12.6. The van der Waals surface area contributed by atoms with Gasteiger partial charge in [-0.1, -0.05) is 26.0 Å². The molecule has 2 atom stereocenters. The third-order valence-electron chi connectivity index (χ3n) is 5.86. The molecular weight excluding hydrogens is 466 g/mol. The Labute approximate surface area is 212 Å². The van der Waals surface area contributed by atoms with Crippen LogP contribution in [0, 0.1) is 11.8 Å². The number of carbonyl (C=O) groups excluding carboxylic acids is 3. The van der Waals surface area contributed by atoms with Gasteiger partial charge in [-0.3, -0.25) is 9.59 Å². The van der Waals surface area contributed by atoms with Gasteiger partial charge in [0, 0.05) is 25.4 Å². The van der Waals surface area contributed by atoms with Gasteiger partial charge in [0.05, 0.1) is 0 Å². The Hall–Kier alpha value is -3.30. The molecule has 1 aromatic rings. The molecule has 1 saturated heterocycles. The molecule has 1 aliphatic rings. The molecule has 10 heteroatoms. The Morgan fingerprint density at radius 2 is 1.61 bits per heavy atom. The first kappa shape index (κ1) is 28.9. The van der Waals surface area contributed by atoms with Crippen LogP contribution in [0.1, 0.15) is 59.4 Å². The number of carboxylic acids is 1. The largest absolute Gasteiger partial charge is 0.508 e. The third kappa shape index (κ3) is 9.39. The van der Waals surface area contributed by atoms with E-state index in [4.69, 9.17) is 4.74 Å². The number of phenols is 1. The molecule has 0 bridgehead atoms. The second-order valence-electron chi connectivity index (χ2n) is 10.7. The number of hydrogen-bond acceptors (Lipinski definition) is 6. The van der Waals surface area contributed by atoms with Gasteiger partial charge < -0.3 is 30.5 Å². The fourth-order valence-corrected chi connectivity index (χ4v) is 4.08. The minimum Gasteiger partial charge on any atom is -0.508 e. The molecule has 0 aliphatic carbocycles. The monoisotopic (exact) mass is 505 g/mol. The fourth-order valence-electron chi connectivity index (χ4n) is 4.08. The van der Waals surface area contributed by atoms with Crippen LogP contribution in [0.25, 0.3) is 0 Å². The molecule has 0 unspecified atom stereocenters. The summed E-state index contributed by atoms with van der Waals surface area (Å²) in [5.74, 6) is -1.90. The SMILES string of the molecule is CC(C)C[C@H](NC(=O)OC(C)(C)C)C(=O)N1CCC(C(=O)N[C@@H](Cc2ccc(O)cc2)C(=O)O)CC1. The number of nitrogens with zero attached hydrogens (tertiary/aromatic N) is 1. The van der Waals surface area contributed by atoms with Crippen molar-refractivity contribution >= 4 is 23.9 Å². The number of aliphatic carboxylic acids is 1. The van der Waals surface area contributed by atoms with Crippen molar-refractivity contribution in [2.24, 2.45) is 11.8 Å². The molecule has 3 amide bonds. The number of nitrogens with one attached hydrogen (secondary N) is 2. The third-order valence-corrected chi connectivity index (χ3v) is 5.86. The molecule has 0 spiro atoms. The number of benzene rings is 1. The molecule has 10 nitrogen and oxygen atoms in total. The van der Waals surface area contributed by atoms with Gasteiger partial charge >= 0.3 is 12.1 Å². The summed E-state index contributed by atoms with van der Waals surface area (Å²) in [6.45, 7) is 9.84. The van der Waals surface area contributed by atoms with Gasteiger partial charge in [0.15, 0.2) is 0 Å². The maximum Gasteiger partial charge on any atom is 0.408 e. The number of rotatable bonds is 9. The van der Waals surface area contributed by atoms with Crippen molar-refractivity contribution in [2.75, 3.05) is 13.1 Å². The van der Waals surface area contributed by atoms with Gasteiger partial charge in [-0.25, -0.2) is 9.59 Å². The lowest BCUT2D eigenvalue weighted by Crippen LogP contribution is -2.53. The van der Waals surface area contributed by atoms with E-state index in [-0.39, 0.29) is 29.9 Å². The van der Waals surface area contributed by atoms with Crippen LogP contribution in [-0.4, -0.2) is 69.8 Å². The van der Waals surface area contributed by atoms with Crippen molar-refractivity contribution in [3.63, 3.8) is 0 Å². The molecule has 4 N–H and O–H groups in total. The normalized spacial score (nSPS) is 16.2. The lowest BCUT2D eigenvalue weighted by atomic mass is 9.94. The van der Waals surface area contributed by atoms with Crippen LogP contribution >= 0.6 is 0 Å². The van der Waals surface area contributed by atoms with E-state index in [0.717, 1.165) is 0 Å². The zero-order valence-corrected chi connectivity index (χ0v) is 21.7. The van der Waals surface area contributed by atoms with Crippen LogP contribution in [0.3, 0.4) is 0 Å². The first-order valence-corrected chi connectivity index (χ1v) is 12.3. The average molecular weight is 506 g/mol. The zero-order valence-electron chi connectivity index (χ0n) is 21.7. The summed E-state index contributed by atoms with van der Waals surface area (Å²) in [7, 11) is 0. The molecule has 200 valence electrons. The number of carbonyl (C=O) groups is 4. The van der Waals surface area contributed by atoms with E-state index in [1.165, 1.54) is 12.1 Å². The number of ether oxygens (including phenoxy) is 1. The van der Waals surface area contributed by atoms with Gasteiger partial charge in [-0.2, -0.15) is 0 Å². The molecule has 1 heterocycles. The smallest absolute Gasteiger partial charge is 0.408 e. The van der Waals surface area contributed by atoms with Crippen molar-refractivity contribution in [2.45, 2.75) is 78.0 Å². The molecule has 1 aromatic carbocycles. The molecule has 36 heavy (non-hydrogen) atoms. The van der Waals surface area contributed by atoms with Crippen LogP contribution in [0.2, 0.25) is 0 Å². The van der Waals surface area contributed by atoms with E-state index < -0.39 is 35.7 Å². The predicted octanol–water partition coefficient (Wildman–Crippen LogP) is 2.68. The van der Waals surface area contributed by atoms with Gasteiger partial charge in [-0.15, -0.1) is 0 Å². The number of hydrogen-bond donors (Lipinski definition) is 4. The molecule has 0 aromatic heterocycles. The Balaban J connectivity index is 1.94. The van der Waals surface area contributed by atoms with E-state index in [9.17, 15) is 29.4 Å². The number of carboxylic acid groups (broad SMARTS) is 1. The first-order chi connectivity index (χ1) is 16.7. The van der Waals surface area contributed by atoms with Crippen molar-refractivity contribution in [3.05, 3.63) is 29.8 Å². The fraction of sp³-hybridized carbons (Fsp3) is 0.615. The summed E-state index contributed by atoms with van der Waals surface area (Å²) in [6, 6.07) is 4.32. The van der Waals surface area contributed by atoms with Crippen molar-refractivity contribution < 1.29 is 34.1 Å². The van der Waals surface area contributed by atoms with Crippen LogP contribution in [0.5, 0.6) is 5.75 Å². The molecule has 0 radical (unpaired) electrons. The molecule has 1 fully saturated rings. The van der Waals surface area contributed by atoms with E-state index >= 15 is 0 Å². The summed E-state index contributed by atoms with van der Waals surface area (Å²) in [6.07, 6.45) is 0.680. The number of alkyl carbamates (subject to hydrolysis) is 1. The van der Waals surface area contributed by atoms with Crippen LogP contribution in [0.4, 0.5) is 4.79 Å². The Bertz CT molecular complexity index is 916. The topological polar surface area (TPSA) is 145 Å². The van der Waals surface area contributed by atoms with Gasteiger partial charge in [0.1, 0.15) is 23.4 Å². The lowest BCUT2D eigenvalue weighted by molar-refractivity contribution is -0.143. The standard InChI is InChI=1S/C26H39N3O7/c1-16(2)14-20(28-25(35)36-26(3,4)5)23(32)29-12-10-18(11-13-29)22(31)27-21(24(33)34)15-17-6-8-19(30)9-7-17/h6-9,16,18,20-21,30H,10-15H2,1-5H3,(H,27,31)(H,28,35)(H,33,34)/t20-,21-/m0/s1. The van der Waals surface area contributed by atoms with E-state index in [2.05, 4.69) is 10.6 Å². The van der Waals surface area contributed by atoms with Crippen molar-refractivity contribution in [3.8, 4) is 5.75 Å². The maximum atomic E-state index is 13.2. The average Bonchev–Trinajstić information content (AvgIpc) is 2.77. The lowest BCUT2D eigenvalue weighted by Gasteiger charge is -2.34. The molecule has 0 saturated carbocycles. The maximum absolute atomic E-state index is 13.2. The van der Waals surface area contributed by atoms with Crippen LogP contribution < -0.4 is 10.6 Å². The Morgan fingerprint density at radius 1 is 1.03 bits per heavy atom. The highest BCUT2D eigenvalue weighted by Crippen LogP contribution is 2.20. The Morgan fingerprint density at radius 3 is 2.11 bits per heavy atom. The highest BCUT2D eigenvalue weighted by molar-refractivity contribution is 5.87. The van der Waals surface area contributed by atoms with Crippen LogP contribution in [0.15, 0.2) is 24.3 Å². The number of likely N-dealkylation sites (tertiary alicyclic amines) is 1. The van der Waals surface area contributed by atoms with Crippen LogP contribution in [-0.2, 0) is 25.5 Å². The Kier molecular flexibility index (Phi) is 10.1. The molecule has 2 rings (SSSR count). The van der Waals surface area contributed by atoms with E-state index in [0.29, 0.717) is 37.9 Å². The second-order valence-corrected chi connectivity index (χ2v) is 10.7. The number of piperidine rings is 1. The highest BCUT2D eigenvalue weighted by atomic mass is 16.6. The van der Waals surface area contributed by atoms with Gasteiger partial charge in [0.25, 0.3) is 0 Å². The summed E-state index contributed by atoms with van der Waals surface area (Å²) in [5.41, 5.74) is -0.00767. The number of amides is 3. The first-order valence-electron chi connectivity index (χ1n) is 12.3. The van der Waals surface area contributed by atoms with Crippen molar-refractivity contribution in [1.29, 1.82) is 0 Å². The minimum atomic E-state index is -1.14. The summed E-state index contributed by atoms with van der Waals surface area (Å²) >= 11 is 0. The van der Waals surface area contributed by atoms with Crippen molar-refractivity contribution in [1.82, 2.24) is 15.5 Å². The highest BCUT2D eigenvalue weighted by Gasteiger charge is 2.34. The number of phenolic OH excluding ortho intramolecular Hbond substituents is 1. The van der Waals surface area contributed by atoms with E-state index in [1.54, 1.807) is 37.8 Å². The summed E-state index contributed by atoms with van der Waals surface area (Å²) in [4.78, 5) is 51.6. The summed E-state index contributed by atoms with van der Waals surface area (Å²) in [5, 5.41) is 24.3. The molecular formula is C26H39N3O7. The van der Waals surface area contributed by atoms with Gasteiger partial charge in [0.2, 0.25) is 11.8 Å². The quantitative estimate of drug-likeness (QED) is 0.404. The van der Waals surface area contributed by atoms with E-state index in [1.807, 2.05) is 13.8 Å². The van der Waals surface area contributed by atoms with Gasteiger partial charge in [-0.05, 0) is 63.6 Å². The molecule has 1 aliphatic heterocycles. The summed E-state index contributed by atoms with van der Waals surface area (Å²) < 4.78 is 5.31. The number of aromatic hydroxyl groups is 1.